The maximum absolute atomic E-state index is 12.4. The molecule has 1 spiro atoms. The molecular formula is C19H22N2O3S. The van der Waals surface area contributed by atoms with Gasteiger partial charge in [-0.3, -0.25) is 9.78 Å². The lowest BCUT2D eigenvalue weighted by Crippen LogP contribution is -2.46. The van der Waals surface area contributed by atoms with Crippen LogP contribution >= 0.6 is 11.3 Å². The second kappa shape index (κ2) is 7.23. The zero-order chi connectivity index (χ0) is 17.1. The first-order chi connectivity index (χ1) is 12.2. The molecule has 0 unspecified atom stereocenters. The van der Waals surface area contributed by atoms with E-state index >= 15 is 0 Å². The lowest BCUT2D eigenvalue weighted by atomic mass is 9.88. The molecule has 25 heavy (non-hydrogen) atoms. The molecule has 1 atom stereocenters. The van der Waals surface area contributed by atoms with Crippen molar-refractivity contribution < 1.29 is 14.3 Å². The number of hydrogen-bond donors (Lipinski definition) is 0. The highest BCUT2D eigenvalue weighted by molar-refractivity contribution is 7.08. The van der Waals surface area contributed by atoms with Crippen molar-refractivity contribution in [3.63, 3.8) is 0 Å². The molecule has 4 rings (SSSR count). The fraction of sp³-hybridized carbons (Fsp3) is 0.474. The van der Waals surface area contributed by atoms with Crippen LogP contribution in [-0.2, 0) is 16.1 Å². The highest BCUT2D eigenvalue weighted by atomic mass is 32.1. The summed E-state index contributed by atoms with van der Waals surface area (Å²) in [5, 5.41) is 3.87. The number of likely N-dealkylation sites (tertiary alicyclic amines) is 1. The number of carbonyl (C=O) groups is 1. The van der Waals surface area contributed by atoms with Gasteiger partial charge >= 0.3 is 0 Å². The van der Waals surface area contributed by atoms with E-state index in [-0.39, 0.29) is 17.6 Å². The third kappa shape index (κ3) is 3.76. The van der Waals surface area contributed by atoms with Gasteiger partial charge in [-0.2, -0.15) is 11.3 Å². The number of carbonyl (C=O) groups excluding carboxylic acids is 1. The normalized spacial score (nSPS) is 22.4. The minimum Gasteiger partial charge on any atom is -0.372 e. The van der Waals surface area contributed by atoms with E-state index in [1.54, 1.807) is 23.7 Å². The van der Waals surface area contributed by atoms with Crippen LogP contribution in [0, 0.1) is 0 Å². The van der Waals surface area contributed by atoms with Crippen LogP contribution in [0.2, 0.25) is 0 Å². The van der Waals surface area contributed by atoms with E-state index < -0.39 is 0 Å². The van der Waals surface area contributed by atoms with Crippen LogP contribution in [0.4, 0.5) is 0 Å². The molecule has 0 N–H and O–H groups in total. The maximum atomic E-state index is 12.4. The number of pyridine rings is 1. The molecule has 1 amide bonds. The predicted octanol–water partition coefficient (Wildman–Crippen LogP) is 3.12. The van der Waals surface area contributed by atoms with Crippen LogP contribution in [0.25, 0.3) is 0 Å². The maximum Gasteiger partial charge on any atom is 0.254 e. The van der Waals surface area contributed by atoms with Gasteiger partial charge in [-0.1, -0.05) is 0 Å². The van der Waals surface area contributed by atoms with Crippen LogP contribution < -0.4 is 0 Å². The van der Waals surface area contributed by atoms with Gasteiger partial charge in [0.05, 0.1) is 30.5 Å². The SMILES string of the molecule is O=C(c1ccsc1)N1CCC2(CC1)C[C@H](OCc1ccncc1)CO2. The van der Waals surface area contributed by atoms with Crippen molar-refractivity contribution in [3.05, 3.63) is 52.5 Å². The average Bonchev–Trinajstić information content (AvgIpc) is 3.32. The number of amides is 1. The smallest absolute Gasteiger partial charge is 0.254 e. The number of nitrogens with zero attached hydrogens (tertiary/aromatic N) is 2. The van der Waals surface area contributed by atoms with E-state index in [0.717, 1.165) is 43.5 Å². The van der Waals surface area contributed by atoms with Crippen molar-refractivity contribution in [1.29, 1.82) is 0 Å². The summed E-state index contributed by atoms with van der Waals surface area (Å²) in [6, 6.07) is 5.84. The largest absolute Gasteiger partial charge is 0.372 e. The quantitative estimate of drug-likeness (QED) is 0.843. The molecule has 132 valence electrons. The Morgan fingerprint density at radius 1 is 1.32 bits per heavy atom. The molecule has 0 saturated carbocycles. The summed E-state index contributed by atoms with van der Waals surface area (Å²) in [4.78, 5) is 18.4. The predicted molar refractivity (Wildman–Crippen MR) is 95.6 cm³/mol. The second-order valence-electron chi connectivity index (χ2n) is 6.79. The Labute approximate surface area is 151 Å². The Kier molecular flexibility index (Phi) is 4.83. The molecule has 4 heterocycles. The second-order valence-corrected chi connectivity index (χ2v) is 7.57. The molecule has 2 saturated heterocycles. The number of ether oxygens (including phenoxy) is 2. The summed E-state index contributed by atoms with van der Waals surface area (Å²) in [7, 11) is 0. The van der Waals surface area contributed by atoms with Gasteiger partial charge in [-0.05, 0) is 42.0 Å². The highest BCUT2D eigenvalue weighted by Gasteiger charge is 2.43. The van der Waals surface area contributed by atoms with Gasteiger partial charge in [0.2, 0.25) is 0 Å². The molecule has 0 bridgehead atoms. The lowest BCUT2D eigenvalue weighted by Gasteiger charge is -2.38. The average molecular weight is 358 g/mol. The van der Waals surface area contributed by atoms with Gasteiger partial charge in [-0.15, -0.1) is 0 Å². The Morgan fingerprint density at radius 2 is 2.12 bits per heavy atom. The van der Waals surface area contributed by atoms with Crippen molar-refractivity contribution >= 4 is 17.2 Å². The summed E-state index contributed by atoms with van der Waals surface area (Å²) in [5.74, 6) is 0.139. The summed E-state index contributed by atoms with van der Waals surface area (Å²) < 4.78 is 12.1. The van der Waals surface area contributed by atoms with Gasteiger partial charge in [0, 0.05) is 37.3 Å². The van der Waals surface area contributed by atoms with Gasteiger partial charge in [-0.25, -0.2) is 0 Å². The minimum absolute atomic E-state index is 0.117. The van der Waals surface area contributed by atoms with Crippen LogP contribution in [0.3, 0.4) is 0 Å². The van der Waals surface area contributed by atoms with Crippen LogP contribution in [-0.4, -0.2) is 47.2 Å². The number of piperidine rings is 1. The van der Waals surface area contributed by atoms with Crippen molar-refractivity contribution in [1.82, 2.24) is 9.88 Å². The van der Waals surface area contributed by atoms with Crippen molar-refractivity contribution in [2.24, 2.45) is 0 Å². The molecule has 0 aromatic carbocycles. The molecule has 6 heteroatoms. The molecule has 2 fully saturated rings. The van der Waals surface area contributed by atoms with E-state index in [1.165, 1.54) is 0 Å². The number of aromatic nitrogens is 1. The molecule has 2 aromatic heterocycles. The monoisotopic (exact) mass is 358 g/mol. The first kappa shape index (κ1) is 16.7. The topological polar surface area (TPSA) is 51.7 Å². The van der Waals surface area contributed by atoms with Crippen LogP contribution in [0.15, 0.2) is 41.4 Å². The first-order valence-corrected chi connectivity index (χ1v) is 9.64. The summed E-state index contributed by atoms with van der Waals surface area (Å²) in [5.41, 5.74) is 1.81. The summed E-state index contributed by atoms with van der Waals surface area (Å²) in [6.45, 7) is 2.75. The standard InChI is InChI=1S/C19H22N2O3S/c22-18(16-3-10-25-14-16)21-8-4-19(5-9-21)11-17(13-24-19)23-12-15-1-6-20-7-2-15/h1-3,6-7,10,14,17H,4-5,8-9,11-13H2/t17-/m0/s1. The number of rotatable bonds is 4. The van der Waals surface area contributed by atoms with E-state index in [9.17, 15) is 4.79 Å². The molecule has 2 aliphatic rings. The van der Waals surface area contributed by atoms with E-state index in [2.05, 4.69) is 4.98 Å². The van der Waals surface area contributed by atoms with Crippen molar-refractivity contribution in [2.75, 3.05) is 19.7 Å². The fourth-order valence-electron chi connectivity index (χ4n) is 3.64. The first-order valence-electron chi connectivity index (χ1n) is 8.70. The Bertz CT molecular complexity index is 697. The Balaban J connectivity index is 1.28. The Hall–Kier alpha value is -1.76. The minimum atomic E-state index is -0.117. The third-order valence-electron chi connectivity index (χ3n) is 5.14. The van der Waals surface area contributed by atoms with E-state index in [1.807, 2.05) is 33.9 Å². The molecule has 0 radical (unpaired) electrons. The Morgan fingerprint density at radius 3 is 2.84 bits per heavy atom. The van der Waals surface area contributed by atoms with Gasteiger partial charge in [0.15, 0.2) is 0 Å². The van der Waals surface area contributed by atoms with E-state index in [0.29, 0.717) is 13.2 Å². The van der Waals surface area contributed by atoms with Crippen LogP contribution in [0.1, 0.15) is 35.2 Å². The summed E-state index contributed by atoms with van der Waals surface area (Å²) >= 11 is 1.56. The molecule has 2 aromatic rings. The van der Waals surface area contributed by atoms with Crippen molar-refractivity contribution in [2.45, 2.75) is 37.6 Å². The molecular weight excluding hydrogens is 336 g/mol. The van der Waals surface area contributed by atoms with Gasteiger partial charge in [0.1, 0.15) is 0 Å². The molecule has 0 aliphatic carbocycles. The zero-order valence-corrected chi connectivity index (χ0v) is 14.9. The molecule has 5 nitrogen and oxygen atoms in total. The van der Waals surface area contributed by atoms with Crippen molar-refractivity contribution in [3.8, 4) is 0 Å². The van der Waals surface area contributed by atoms with Gasteiger partial charge in [0.25, 0.3) is 5.91 Å². The van der Waals surface area contributed by atoms with Crippen LogP contribution in [0.5, 0.6) is 0 Å². The number of thiophene rings is 1. The number of hydrogen-bond acceptors (Lipinski definition) is 5. The fourth-order valence-corrected chi connectivity index (χ4v) is 4.27. The third-order valence-corrected chi connectivity index (χ3v) is 5.82. The molecule has 2 aliphatic heterocycles. The lowest BCUT2D eigenvalue weighted by molar-refractivity contribution is -0.0412. The van der Waals surface area contributed by atoms with E-state index in [4.69, 9.17) is 9.47 Å². The zero-order valence-electron chi connectivity index (χ0n) is 14.1. The highest BCUT2D eigenvalue weighted by Crippen LogP contribution is 2.37. The van der Waals surface area contributed by atoms with Gasteiger partial charge < -0.3 is 14.4 Å². The summed E-state index contributed by atoms with van der Waals surface area (Å²) in [6.07, 6.45) is 6.39.